The van der Waals surface area contributed by atoms with E-state index < -0.39 is 34.5 Å². The molecule has 1 aromatic heterocycles. The highest BCUT2D eigenvalue weighted by atomic mass is 19.1. The van der Waals surface area contributed by atoms with Crippen molar-refractivity contribution in [3.63, 3.8) is 0 Å². The zero-order valence-electron chi connectivity index (χ0n) is 13.9. The molecule has 3 aromatic rings. The molecule has 1 amide bonds. The lowest BCUT2D eigenvalue weighted by Crippen LogP contribution is -2.26. The smallest absolute Gasteiger partial charge is 0.280 e. The van der Waals surface area contributed by atoms with Crippen LogP contribution in [0.25, 0.3) is 5.69 Å². The van der Waals surface area contributed by atoms with Crippen LogP contribution < -0.4 is 15.5 Å². The number of benzene rings is 2. The van der Waals surface area contributed by atoms with Crippen molar-refractivity contribution in [3.8, 4) is 11.6 Å². The minimum Gasteiger partial charge on any atom is -0.481 e. The lowest BCUT2D eigenvalue weighted by molar-refractivity contribution is 0.101. The van der Waals surface area contributed by atoms with Gasteiger partial charge in [0.15, 0.2) is 5.69 Å². The van der Waals surface area contributed by atoms with Gasteiger partial charge < -0.3 is 10.1 Å². The number of nitrogens with zero attached hydrogens (tertiary/aromatic N) is 2. The van der Waals surface area contributed by atoms with E-state index in [9.17, 15) is 22.8 Å². The van der Waals surface area contributed by atoms with E-state index >= 15 is 0 Å². The maximum Gasteiger partial charge on any atom is 0.280 e. The second kappa shape index (κ2) is 7.32. The van der Waals surface area contributed by atoms with E-state index in [1.807, 2.05) is 0 Å². The molecule has 0 saturated heterocycles. The van der Waals surface area contributed by atoms with Gasteiger partial charge in [-0.25, -0.2) is 17.9 Å². The number of methoxy groups -OCH3 is 1. The van der Waals surface area contributed by atoms with E-state index in [1.54, 1.807) is 0 Å². The highest BCUT2D eigenvalue weighted by molar-refractivity contribution is 6.02. The van der Waals surface area contributed by atoms with E-state index in [-0.39, 0.29) is 17.3 Å². The third-order valence-electron chi connectivity index (χ3n) is 3.49. The van der Waals surface area contributed by atoms with Gasteiger partial charge in [0.25, 0.3) is 5.91 Å². The molecule has 0 aliphatic heterocycles. The first-order valence-corrected chi connectivity index (χ1v) is 7.59. The highest BCUT2D eigenvalue weighted by Gasteiger charge is 2.18. The van der Waals surface area contributed by atoms with Crippen LogP contribution in [0, 0.1) is 17.5 Å². The van der Waals surface area contributed by atoms with Crippen LogP contribution in [0.4, 0.5) is 18.9 Å². The van der Waals surface area contributed by atoms with Crippen LogP contribution in [0.2, 0.25) is 0 Å². The zero-order valence-corrected chi connectivity index (χ0v) is 13.9. The summed E-state index contributed by atoms with van der Waals surface area (Å²) in [7, 11) is 1.28. The third kappa shape index (κ3) is 3.97. The van der Waals surface area contributed by atoms with Crippen LogP contribution in [0.3, 0.4) is 0 Å². The molecule has 1 heterocycles. The molecule has 6 nitrogen and oxygen atoms in total. The number of anilines is 1. The number of ether oxygens (including phenoxy) is 1. The van der Waals surface area contributed by atoms with Gasteiger partial charge in [-0.1, -0.05) is 6.07 Å². The van der Waals surface area contributed by atoms with Gasteiger partial charge in [-0.3, -0.25) is 9.59 Å². The lowest BCUT2D eigenvalue weighted by atomic mass is 10.2. The predicted octanol–water partition coefficient (Wildman–Crippen LogP) is 2.91. The van der Waals surface area contributed by atoms with Crippen molar-refractivity contribution in [1.82, 2.24) is 9.78 Å². The van der Waals surface area contributed by atoms with E-state index in [4.69, 9.17) is 4.74 Å². The molecule has 0 aliphatic rings. The summed E-state index contributed by atoms with van der Waals surface area (Å²) in [5.74, 6) is -3.37. The van der Waals surface area contributed by atoms with Gasteiger partial charge in [-0.15, -0.1) is 0 Å². The number of carbonyl (C=O) groups excluding carboxylic acids is 1. The molecule has 0 aliphatic carbocycles. The zero-order chi connectivity index (χ0) is 19.6. The SMILES string of the molecule is COc1cc(=O)c(C(=O)Nc2cc(F)cc(F)c2)nn1-c1cccc(F)c1. The molecule has 0 fully saturated rings. The molecular formula is C18H12F3N3O3. The number of hydrogen-bond donors (Lipinski definition) is 1. The van der Waals surface area contributed by atoms with Gasteiger partial charge in [0.2, 0.25) is 11.3 Å². The van der Waals surface area contributed by atoms with Gasteiger partial charge in [-0.2, -0.15) is 5.10 Å². The molecule has 1 N–H and O–H groups in total. The van der Waals surface area contributed by atoms with Gasteiger partial charge >= 0.3 is 0 Å². The second-order valence-electron chi connectivity index (χ2n) is 5.40. The first-order chi connectivity index (χ1) is 12.9. The maximum atomic E-state index is 13.5. The Bertz CT molecular complexity index is 1060. The van der Waals surface area contributed by atoms with Gasteiger partial charge in [-0.05, 0) is 30.3 Å². The van der Waals surface area contributed by atoms with Crippen molar-refractivity contribution < 1.29 is 22.7 Å². The monoisotopic (exact) mass is 375 g/mol. The number of amides is 1. The molecule has 27 heavy (non-hydrogen) atoms. The summed E-state index contributed by atoms with van der Waals surface area (Å²) in [5.41, 5.74) is -1.33. The van der Waals surface area contributed by atoms with Crippen molar-refractivity contribution in [2.24, 2.45) is 0 Å². The minimum atomic E-state index is -0.988. The Kier molecular flexibility index (Phi) is 4.93. The Hall–Kier alpha value is -3.62. The second-order valence-corrected chi connectivity index (χ2v) is 5.40. The largest absolute Gasteiger partial charge is 0.481 e. The molecule has 0 atom stereocenters. The van der Waals surface area contributed by atoms with Crippen LogP contribution in [0.5, 0.6) is 5.88 Å². The van der Waals surface area contributed by atoms with Crippen LogP contribution in [-0.2, 0) is 0 Å². The molecule has 0 spiro atoms. The number of aromatic nitrogens is 2. The average molecular weight is 375 g/mol. The molecule has 0 bridgehead atoms. The number of halogens is 3. The standard InChI is InChI=1S/C18H12F3N3O3/c1-27-16-9-15(25)17(23-24(16)14-4-2-3-10(19)8-14)18(26)22-13-6-11(20)5-12(21)7-13/h2-9H,1H3,(H,22,26). The van der Waals surface area contributed by atoms with Crippen molar-refractivity contribution in [1.29, 1.82) is 0 Å². The Morgan fingerprint density at radius 1 is 1.04 bits per heavy atom. The summed E-state index contributed by atoms with van der Waals surface area (Å²) in [5, 5.41) is 6.11. The number of hydrogen-bond acceptors (Lipinski definition) is 4. The number of rotatable bonds is 4. The minimum absolute atomic E-state index is 0.0287. The van der Waals surface area contributed by atoms with Crippen molar-refractivity contribution in [2.45, 2.75) is 0 Å². The Morgan fingerprint density at radius 3 is 2.37 bits per heavy atom. The number of carbonyl (C=O) groups is 1. The van der Waals surface area contributed by atoms with Crippen molar-refractivity contribution in [3.05, 3.63) is 81.9 Å². The number of nitrogens with one attached hydrogen (secondary N) is 1. The highest BCUT2D eigenvalue weighted by Crippen LogP contribution is 2.17. The molecule has 138 valence electrons. The first-order valence-electron chi connectivity index (χ1n) is 7.59. The molecular weight excluding hydrogens is 363 g/mol. The fourth-order valence-electron chi connectivity index (χ4n) is 2.35. The molecule has 2 aromatic carbocycles. The molecule has 0 unspecified atom stereocenters. The van der Waals surface area contributed by atoms with E-state index in [2.05, 4.69) is 10.4 Å². The normalized spacial score (nSPS) is 10.5. The summed E-state index contributed by atoms with van der Waals surface area (Å²) in [6.45, 7) is 0. The topological polar surface area (TPSA) is 73.2 Å². The molecule has 0 saturated carbocycles. The van der Waals surface area contributed by atoms with Crippen LogP contribution in [-0.4, -0.2) is 22.8 Å². The summed E-state index contributed by atoms with van der Waals surface area (Å²) in [6, 6.07) is 8.66. The van der Waals surface area contributed by atoms with Gasteiger partial charge in [0, 0.05) is 11.8 Å². The fraction of sp³-hybridized carbons (Fsp3) is 0.0556. The van der Waals surface area contributed by atoms with Crippen molar-refractivity contribution >= 4 is 11.6 Å². The molecule has 0 radical (unpaired) electrons. The van der Waals surface area contributed by atoms with E-state index in [0.29, 0.717) is 6.07 Å². The summed E-state index contributed by atoms with van der Waals surface area (Å²) >= 11 is 0. The first kappa shape index (κ1) is 18.2. The van der Waals surface area contributed by atoms with Gasteiger partial charge in [0.1, 0.15) is 17.5 Å². The Morgan fingerprint density at radius 2 is 1.74 bits per heavy atom. The van der Waals surface area contributed by atoms with Crippen LogP contribution in [0.15, 0.2) is 53.3 Å². The van der Waals surface area contributed by atoms with Crippen LogP contribution >= 0.6 is 0 Å². The summed E-state index contributed by atoms with van der Waals surface area (Å²) < 4.78 is 46.1. The molecule has 9 heteroatoms. The Balaban J connectivity index is 2.03. The van der Waals surface area contributed by atoms with Gasteiger partial charge in [0.05, 0.1) is 18.9 Å². The van der Waals surface area contributed by atoms with E-state index in [1.165, 1.54) is 25.3 Å². The summed E-state index contributed by atoms with van der Waals surface area (Å²) in [4.78, 5) is 24.5. The van der Waals surface area contributed by atoms with Crippen LogP contribution in [0.1, 0.15) is 10.5 Å². The lowest BCUT2D eigenvalue weighted by Gasteiger charge is -2.12. The molecule has 3 rings (SSSR count). The fourth-order valence-corrected chi connectivity index (χ4v) is 2.35. The average Bonchev–Trinajstić information content (AvgIpc) is 2.60. The third-order valence-corrected chi connectivity index (χ3v) is 3.49. The Labute approximate surface area is 150 Å². The summed E-state index contributed by atoms with van der Waals surface area (Å²) in [6.07, 6.45) is 0. The maximum absolute atomic E-state index is 13.5. The quantitative estimate of drug-likeness (QED) is 0.761. The van der Waals surface area contributed by atoms with E-state index in [0.717, 1.165) is 28.9 Å². The van der Waals surface area contributed by atoms with Crippen molar-refractivity contribution in [2.75, 3.05) is 12.4 Å². The predicted molar refractivity (Wildman–Crippen MR) is 90.7 cm³/mol.